The van der Waals surface area contributed by atoms with Crippen molar-refractivity contribution in [3.63, 3.8) is 0 Å². The van der Waals surface area contributed by atoms with Crippen LogP contribution in [0.3, 0.4) is 0 Å². The molecule has 0 aliphatic rings. The minimum Gasteiger partial charge on any atom is -0.492 e. The van der Waals surface area contributed by atoms with Crippen LogP contribution in [0, 0.1) is 0 Å². The number of amidine groups is 1. The van der Waals surface area contributed by atoms with Crippen molar-refractivity contribution in [2.45, 2.75) is 20.3 Å². The molecule has 2 N–H and O–H groups in total. The smallest absolute Gasteiger partial charge is 0.139 e. The molecule has 0 unspecified atom stereocenters. The zero-order valence-electron chi connectivity index (χ0n) is 21.7. The van der Waals surface area contributed by atoms with E-state index < -0.39 is 0 Å². The highest BCUT2D eigenvalue weighted by molar-refractivity contribution is 6.17. The van der Waals surface area contributed by atoms with Gasteiger partial charge in [0.2, 0.25) is 0 Å². The second-order valence-corrected chi connectivity index (χ2v) is 8.95. The average molecular weight is 483 g/mol. The highest BCUT2D eigenvalue weighted by atomic mass is 16.5. The van der Waals surface area contributed by atoms with Crippen molar-refractivity contribution in [3.05, 3.63) is 78.3 Å². The topological polar surface area (TPSA) is 74.7 Å². The number of hydrogen-bond acceptors (Lipinski definition) is 6. The Morgan fingerprint density at radius 1 is 1.06 bits per heavy atom. The van der Waals surface area contributed by atoms with Gasteiger partial charge in [0.25, 0.3) is 0 Å². The largest absolute Gasteiger partial charge is 0.492 e. The second kappa shape index (κ2) is 11.6. The van der Waals surface area contributed by atoms with Gasteiger partial charge in [-0.2, -0.15) is 0 Å². The summed E-state index contributed by atoms with van der Waals surface area (Å²) in [6.45, 7) is 5.75. The Morgan fingerprint density at radius 2 is 1.86 bits per heavy atom. The Labute approximate surface area is 212 Å². The van der Waals surface area contributed by atoms with E-state index in [4.69, 9.17) is 9.72 Å². The fourth-order valence-corrected chi connectivity index (χ4v) is 3.83. The van der Waals surface area contributed by atoms with E-state index in [0.717, 1.165) is 63.3 Å². The second-order valence-electron chi connectivity index (χ2n) is 8.95. The molecule has 186 valence electrons. The van der Waals surface area contributed by atoms with Crippen LogP contribution in [0.5, 0.6) is 5.75 Å². The molecule has 2 aromatic carbocycles. The minimum atomic E-state index is 0.648. The number of hydrogen-bond donors (Lipinski definition) is 2. The van der Waals surface area contributed by atoms with Gasteiger partial charge < -0.3 is 20.3 Å². The zero-order chi connectivity index (χ0) is 25.5. The molecule has 2 heterocycles. The molecule has 36 heavy (non-hydrogen) atoms. The SMILES string of the molecule is CCC(C)=CNC(=NC)c1cccc2c1nc(Nc1ccc(OCCN(C)C)cc1)c1ccncc12. The van der Waals surface area contributed by atoms with Crippen LogP contribution in [0.4, 0.5) is 11.5 Å². The number of rotatable bonds is 9. The predicted octanol–water partition coefficient (Wildman–Crippen LogP) is 5.75. The molecule has 4 aromatic rings. The molecular formula is C29H34N6O. The summed E-state index contributed by atoms with van der Waals surface area (Å²) in [6.07, 6.45) is 6.67. The fourth-order valence-electron chi connectivity index (χ4n) is 3.83. The van der Waals surface area contributed by atoms with Crippen molar-refractivity contribution in [1.82, 2.24) is 20.2 Å². The first-order valence-corrected chi connectivity index (χ1v) is 12.2. The lowest BCUT2D eigenvalue weighted by molar-refractivity contribution is 0.261. The van der Waals surface area contributed by atoms with E-state index in [-0.39, 0.29) is 0 Å². The maximum absolute atomic E-state index is 5.83. The lowest BCUT2D eigenvalue weighted by Crippen LogP contribution is -2.20. The summed E-state index contributed by atoms with van der Waals surface area (Å²) < 4.78 is 5.83. The molecule has 0 fully saturated rings. The summed E-state index contributed by atoms with van der Waals surface area (Å²) in [5, 5.41) is 9.95. The van der Waals surface area contributed by atoms with E-state index in [1.54, 1.807) is 13.2 Å². The molecular weight excluding hydrogens is 448 g/mol. The van der Waals surface area contributed by atoms with Crippen molar-refractivity contribution < 1.29 is 4.74 Å². The van der Waals surface area contributed by atoms with Crippen LogP contribution in [0.1, 0.15) is 25.8 Å². The molecule has 0 aliphatic carbocycles. The molecule has 7 heteroatoms. The first-order valence-electron chi connectivity index (χ1n) is 12.2. The summed E-state index contributed by atoms with van der Waals surface area (Å²) in [5.41, 5.74) is 3.98. The number of ether oxygens (including phenoxy) is 1. The summed E-state index contributed by atoms with van der Waals surface area (Å²) in [6, 6.07) is 16.1. The van der Waals surface area contributed by atoms with Crippen LogP contribution in [0.25, 0.3) is 21.7 Å². The van der Waals surface area contributed by atoms with Crippen molar-refractivity contribution in [3.8, 4) is 5.75 Å². The Morgan fingerprint density at radius 3 is 2.58 bits per heavy atom. The van der Waals surface area contributed by atoms with Crippen LogP contribution in [-0.4, -0.2) is 55.0 Å². The van der Waals surface area contributed by atoms with Gasteiger partial charge in [-0.3, -0.25) is 9.98 Å². The van der Waals surface area contributed by atoms with E-state index in [2.05, 4.69) is 45.4 Å². The number of allylic oxidation sites excluding steroid dienone is 1. The number of pyridine rings is 2. The first-order chi connectivity index (χ1) is 17.5. The molecule has 0 saturated heterocycles. The number of fused-ring (bicyclic) bond motifs is 3. The van der Waals surface area contributed by atoms with E-state index >= 15 is 0 Å². The number of aliphatic imine (C=N–C) groups is 1. The zero-order valence-corrected chi connectivity index (χ0v) is 21.7. The molecule has 2 aromatic heterocycles. The quantitative estimate of drug-likeness (QED) is 0.180. The van der Waals surface area contributed by atoms with E-state index in [9.17, 15) is 0 Å². The monoisotopic (exact) mass is 482 g/mol. The summed E-state index contributed by atoms with van der Waals surface area (Å²) in [5.74, 6) is 2.38. The third kappa shape index (κ3) is 5.80. The van der Waals surface area contributed by atoms with Gasteiger partial charge in [0, 0.05) is 59.6 Å². The molecule has 4 rings (SSSR count). The van der Waals surface area contributed by atoms with Crippen LogP contribution in [0.2, 0.25) is 0 Å². The van der Waals surface area contributed by atoms with Crippen molar-refractivity contribution in [2.24, 2.45) is 4.99 Å². The third-order valence-electron chi connectivity index (χ3n) is 6.04. The molecule has 0 radical (unpaired) electrons. The maximum atomic E-state index is 5.83. The van der Waals surface area contributed by atoms with E-state index in [1.165, 1.54) is 5.57 Å². The van der Waals surface area contributed by atoms with Crippen LogP contribution < -0.4 is 15.4 Å². The summed E-state index contributed by atoms with van der Waals surface area (Å²) in [7, 11) is 5.86. The Hall–Kier alpha value is -3.97. The maximum Gasteiger partial charge on any atom is 0.139 e. The van der Waals surface area contributed by atoms with Crippen molar-refractivity contribution in [2.75, 3.05) is 39.6 Å². The molecule has 0 aliphatic heterocycles. The minimum absolute atomic E-state index is 0.648. The van der Waals surface area contributed by atoms with Gasteiger partial charge in [-0.1, -0.05) is 24.6 Å². The van der Waals surface area contributed by atoms with Gasteiger partial charge >= 0.3 is 0 Å². The predicted molar refractivity (Wildman–Crippen MR) is 150 cm³/mol. The first kappa shape index (κ1) is 25.1. The summed E-state index contributed by atoms with van der Waals surface area (Å²) >= 11 is 0. The normalized spacial score (nSPS) is 12.4. The number of likely N-dealkylation sites (N-methyl/N-ethyl adjacent to an activating group) is 1. The van der Waals surface area contributed by atoms with Crippen molar-refractivity contribution in [1.29, 1.82) is 0 Å². The van der Waals surface area contributed by atoms with Gasteiger partial charge in [-0.15, -0.1) is 0 Å². The number of anilines is 2. The van der Waals surface area contributed by atoms with Gasteiger partial charge in [0.1, 0.15) is 24.0 Å². The fraction of sp³-hybridized carbons (Fsp3) is 0.276. The van der Waals surface area contributed by atoms with Gasteiger partial charge in [0.15, 0.2) is 0 Å². The average Bonchev–Trinajstić information content (AvgIpc) is 2.90. The lowest BCUT2D eigenvalue weighted by atomic mass is 10.0. The lowest BCUT2D eigenvalue weighted by Gasteiger charge is -2.15. The van der Waals surface area contributed by atoms with Gasteiger partial charge in [-0.25, -0.2) is 4.98 Å². The van der Waals surface area contributed by atoms with Crippen LogP contribution >= 0.6 is 0 Å². The highest BCUT2D eigenvalue weighted by Gasteiger charge is 2.14. The molecule has 7 nitrogen and oxygen atoms in total. The number of benzene rings is 2. The van der Waals surface area contributed by atoms with Crippen LogP contribution in [0.15, 0.2) is 77.7 Å². The highest BCUT2D eigenvalue weighted by Crippen LogP contribution is 2.32. The number of para-hydroxylation sites is 1. The number of nitrogens with one attached hydrogen (secondary N) is 2. The third-order valence-corrected chi connectivity index (χ3v) is 6.04. The Kier molecular flexibility index (Phi) is 8.13. The molecule has 0 spiro atoms. The summed E-state index contributed by atoms with van der Waals surface area (Å²) in [4.78, 5) is 16.1. The Balaban J connectivity index is 1.72. The van der Waals surface area contributed by atoms with Gasteiger partial charge in [0.05, 0.1) is 5.52 Å². The van der Waals surface area contributed by atoms with Gasteiger partial charge in [-0.05, 0) is 63.8 Å². The van der Waals surface area contributed by atoms with Crippen molar-refractivity contribution >= 4 is 39.0 Å². The van der Waals surface area contributed by atoms with E-state index in [0.29, 0.717) is 6.61 Å². The number of aromatic nitrogens is 2. The molecule has 0 bridgehead atoms. The van der Waals surface area contributed by atoms with Crippen LogP contribution in [-0.2, 0) is 0 Å². The standard InChI is InChI=1S/C29H34N6O/c1-6-20(2)18-32-28(30-3)25-9-7-8-23-26-19-31-15-14-24(26)29(34-27(23)25)33-21-10-12-22(13-11-21)36-17-16-35(4)5/h7-15,18-19H,6,16-17H2,1-5H3,(H,30,32)(H,33,34). The van der Waals surface area contributed by atoms with E-state index in [1.807, 2.05) is 69.0 Å². The Bertz CT molecular complexity index is 1390. The molecule has 0 amide bonds. The number of nitrogens with zero attached hydrogens (tertiary/aromatic N) is 4. The molecule has 0 atom stereocenters. The molecule has 0 saturated carbocycles.